The van der Waals surface area contributed by atoms with Gasteiger partial charge in [0.05, 0.1) is 6.61 Å². The van der Waals surface area contributed by atoms with E-state index in [9.17, 15) is 4.79 Å². The lowest BCUT2D eigenvalue weighted by molar-refractivity contribution is -0.120. The van der Waals surface area contributed by atoms with E-state index in [1.165, 1.54) is 16.7 Å². The van der Waals surface area contributed by atoms with Crippen molar-refractivity contribution in [1.29, 1.82) is 0 Å². The van der Waals surface area contributed by atoms with Crippen molar-refractivity contribution in [1.82, 2.24) is 5.32 Å². The van der Waals surface area contributed by atoms with Crippen LogP contribution in [0.25, 0.3) is 0 Å². The van der Waals surface area contributed by atoms with Crippen molar-refractivity contribution in [2.75, 3.05) is 13.2 Å². The number of aryl methyl sites for hydroxylation is 1. The van der Waals surface area contributed by atoms with Crippen molar-refractivity contribution < 1.29 is 13.6 Å². The second-order valence-electron chi connectivity index (χ2n) is 5.26. The van der Waals surface area contributed by atoms with Crippen LogP contribution in [0.3, 0.4) is 0 Å². The van der Waals surface area contributed by atoms with Gasteiger partial charge in [0.15, 0.2) is 0 Å². The third-order valence-electron chi connectivity index (χ3n) is 4.16. The Balaban J connectivity index is 1.58. The van der Waals surface area contributed by atoms with Crippen molar-refractivity contribution in [2.45, 2.75) is 44.9 Å². The minimum Gasteiger partial charge on any atom is -0.493 e. The maximum absolute atomic E-state index is 11.6. The first kappa shape index (κ1) is 9.40. The van der Waals surface area contributed by atoms with Gasteiger partial charge in [-0.2, -0.15) is 0 Å². The molecule has 1 aromatic carbocycles. The van der Waals surface area contributed by atoms with Gasteiger partial charge in [0.2, 0.25) is 5.91 Å². The van der Waals surface area contributed by atoms with Crippen LogP contribution in [-0.4, -0.2) is 19.1 Å². The highest BCUT2D eigenvalue weighted by atomic mass is 16.5. The topological polar surface area (TPSA) is 38.3 Å². The first-order valence-electron chi connectivity index (χ1n) is 8.48. The van der Waals surface area contributed by atoms with E-state index in [0.717, 1.165) is 38.0 Å². The van der Waals surface area contributed by atoms with Gasteiger partial charge >= 0.3 is 0 Å². The minimum absolute atomic E-state index is 0.389. The fraction of sp³-hybridized carbons (Fsp3) is 0.562. The Morgan fingerprint density at radius 3 is 3.37 bits per heavy atom. The van der Waals surface area contributed by atoms with E-state index < -0.39 is 13.3 Å². The summed E-state index contributed by atoms with van der Waals surface area (Å²) in [6.07, 6.45) is 3.60. The van der Waals surface area contributed by atoms with Crippen molar-refractivity contribution in [3.05, 3.63) is 28.8 Å². The molecule has 3 rings (SSSR count). The van der Waals surface area contributed by atoms with Crippen LogP contribution in [0.4, 0.5) is 0 Å². The maximum atomic E-state index is 11.6. The SMILES string of the molecule is [2H]C([2H])([2H])CC(=O)NCCC1CCc2ccc3c(c21)CCO3. The number of amides is 1. The molecule has 1 aliphatic heterocycles. The van der Waals surface area contributed by atoms with Gasteiger partial charge in [0, 0.05) is 29.1 Å². The number of ether oxygens (including phenoxy) is 1. The average Bonchev–Trinajstić information content (AvgIpc) is 3.01. The van der Waals surface area contributed by atoms with E-state index in [-0.39, 0.29) is 5.91 Å². The largest absolute Gasteiger partial charge is 0.493 e. The van der Waals surface area contributed by atoms with Crippen molar-refractivity contribution >= 4 is 5.91 Å². The van der Waals surface area contributed by atoms with Crippen LogP contribution in [0.1, 0.15) is 52.8 Å². The maximum Gasteiger partial charge on any atom is 0.219 e. The Labute approximate surface area is 118 Å². The lowest BCUT2D eigenvalue weighted by Gasteiger charge is -2.15. The fourth-order valence-electron chi connectivity index (χ4n) is 3.29. The van der Waals surface area contributed by atoms with Crippen LogP contribution in [-0.2, 0) is 17.6 Å². The zero-order valence-electron chi connectivity index (χ0n) is 14.0. The summed E-state index contributed by atoms with van der Waals surface area (Å²) in [5.74, 6) is 1.07. The smallest absolute Gasteiger partial charge is 0.219 e. The van der Waals surface area contributed by atoms with E-state index >= 15 is 0 Å². The predicted octanol–water partition coefficient (Wildman–Crippen LogP) is 2.57. The molecule has 19 heavy (non-hydrogen) atoms. The molecule has 1 heterocycles. The van der Waals surface area contributed by atoms with Gasteiger partial charge in [-0.15, -0.1) is 0 Å². The molecule has 3 nitrogen and oxygen atoms in total. The summed E-state index contributed by atoms with van der Waals surface area (Å²) in [6.45, 7) is -0.903. The number of hydrogen-bond donors (Lipinski definition) is 1. The van der Waals surface area contributed by atoms with Gasteiger partial charge in [0.25, 0.3) is 0 Å². The molecule has 0 saturated heterocycles. The number of carbonyl (C=O) groups excluding carboxylic acids is 1. The standard InChI is InChI=1S/C16H21NO2/c1-2-15(18)17-9-7-12-4-3-11-5-6-14-13(16(11)12)8-10-19-14/h5-6,12H,2-4,7-10H2,1H3,(H,17,18)/i1D3. The Morgan fingerprint density at radius 2 is 2.47 bits per heavy atom. The van der Waals surface area contributed by atoms with Gasteiger partial charge in [-0.05, 0) is 42.4 Å². The van der Waals surface area contributed by atoms with Crippen LogP contribution >= 0.6 is 0 Å². The molecule has 0 bridgehead atoms. The molecule has 2 aliphatic rings. The number of hydrogen-bond acceptors (Lipinski definition) is 2. The number of nitrogens with one attached hydrogen (secondary N) is 1. The number of carbonyl (C=O) groups is 1. The van der Waals surface area contributed by atoms with Gasteiger partial charge in [-0.25, -0.2) is 0 Å². The monoisotopic (exact) mass is 262 g/mol. The van der Waals surface area contributed by atoms with Gasteiger partial charge < -0.3 is 10.1 Å². The molecule has 1 N–H and O–H groups in total. The molecule has 1 amide bonds. The van der Waals surface area contributed by atoms with Crippen molar-refractivity contribution in [2.24, 2.45) is 0 Å². The molecule has 0 radical (unpaired) electrons. The quantitative estimate of drug-likeness (QED) is 0.905. The fourth-order valence-corrected chi connectivity index (χ4v) is 3.29. The number of fused-ring (bicyclic) bond motifs is 3. The lowest BCUT2D eigenvalue weighted by Crippen LogP contribution is -2.24. The van der Waals surface area contributed by atoms with Crippen LogP contribution in [0.5, 0.6) is 5.75 Å². The first-order chi connectivity index (χ1) is 10.4. The van der Waals surface area contributed by atoms with Crippen LogP contribution in [0, 0.1) is 0 Å². The summed E-state index contributed by atoms with van der Waals surface area (Å²) in [6, 6.07) is 4.23. The highest BCUT2D eigenvalue weighted by molar-refractivity contribution is 5.75. The zero-order valence-corrected chi connectivity index (χ0v) is 11.0. The molecule has 102 valence electrons. The minimum atomic E-state index is -2.19. The molecule has 0 fully saturated rings. The normalized spacial score (nSPS) is 22.7. The summed E-state index contributed by atoms with van der Waals surface area (Å²) >= 11 is 0. The van der Waals surface area contributed by atoms with Crippen LogP contribution in [0.2, 0.25) is 0 Å². The summed E-state index contributed by atoms with van der Waals surface area (Å²) in [5.41, 5.74) is 4.16. The van der Waals surface area contributed by atoms with E-state index in [4.69, 9.17) is 8.85 Å². The second-order valence-corrected chi connectivity index (χ2v) is 5.26. The number of rotatable bonds is 4. The van der Waals surface area contributed by atoms with E-state index in [1.807, 2.05) is 0 Å². The summed E-state index contributed by atoms with van der Waals surface area (Å²) in [4.78, 5) is 11.6. The highest BCUT2D eigenvalue weighted by Gasteiger charge is 2.29. The third kappa shape index (κ3) is 2.34. The second kappa shape index (κ2) is 5.24. The van der Waals surface area contributed by atoms with E-state index in [1.54, 1.807) is 0 Å². The van der Waals surface area contributed by atoms with Gasteiger partial charge in [0.1, 0.15) is 5.75 Å². The molecule has 1 atom stereocenters. The Kier molecular flexibility index (Phi) is 2.59. The van der Waals surface area contributed by atoms with Crippen molar-refractivity contribution in [3.63, 3.8) is 0 Å². The summed E-state index contributed by atoms with van der Waals surface area (Å²) in [7, 11) is 0. The van der Waals surface area contributed by atoms with E-state index in [0.29, 0.717) is 12.5 Å². The third-order valence-corrected chi connectivity index (χ3v) is 4.16. The molecule has 0 saturated carbocycles. The van der Waals surface area contributed by atoms with Gasteiger partial charge in [-0.1, -0.05) is 12.9 Å². The molecule has 1 aliphatic carbocycles. The van der Waals surface area contributed by atoms with Crippen LogP contribution < -0.4 is 10.1 Å². The molecular formula is C16H21NO2. The molecule has 0 aromatic heterocycles. The molecular weight excluding hydrogens is 238 g/mol. The molecule has 1 unspecified atom stereocenters. The number of benzene rings is 1. The Hall–Kier alpha value is -1.51. The van der Waals surface area contributed by atoms with Crippen LogP contribution in [0.15, 0.2) is 12.1 Å². The average molecular weight is 262 g/mol. The Morgan fingerprint density at radius 1 is 1.53 bits per heavy atom. The first-order valence-corrected chi connectivity index (χ1v) is 6.98. The molecule has 1 aromatic rings. The molecule has 3 heteroatoms. The van der Waals surface area contributed by atoms with Crippen molar-refractivity contribution in [3.8, 4) is 5.75 Å². The molecule has 0 spiro atoms. The summed E-state index contributed by atoms with van der Waals surface area (Å²) < 4.78 is 26.9. The predicted molar refractivity (Wildman–Crippen MR) is 74.6 cm³/mol. The zero-order chi connectivity index (χ0) is 15.7. The highest BCUT2D eigenvalue weighted by Crippen LogP contribution is 2.42. The van der Waals surface area contributed by atoms with E-state index in [2.05, 4.69) is 17.4 Å². The summed E-state index contributed by atoms with van der Waals surface area (Å²) in [5, 5.41) is 2.73. The Bertz CT molecular complexity index is 583. The lowest BCUT2D eigenvalue weighted by atomic mass is 9.92. The van der Waals surface area contributed by atoms with Gasteiger partial charge in [-0.3, -0.25) is 4.79 Å².